The molecule has 2 heterocycles. The second-order valence-corrected chi connectivity index (χ2v) is 5.42. The predicted molar refractivity (Wildman–Crippen MR) is 59.8 cm³/mol. The Morgan fingerprint density at radius 2 is 1.92 bits per heavy atom. The number of rotatable bonds is 0. The van der Waals surface area contributed by atoms with Crippen LogP contribution >= 0.6 is 22.7 Å². The largest absolute Gasteiger partial charge is 0.143 e. The van der Waals surface area contributed by atoms with E-state index in [0.717, 1.165) is 0 Å². The lowest BCUT2D eigenvalue weighted by Crippen LogP contribution is -2.03. The van der Waals surface area contributed by atoms with Crippen LogP contribution in [0.5, 0.6) is 0 Å². The van der Waals surface area contributed by atoms with Gasteiger partial charge in [-0.05, 0) is 46.4 Å². The van der Waals surface area contributed by atoms with Crippen molar-refractivity contribution < 1.29 is 0 Å². The second kappa shape index (κ2) is 2.69. The Balaban J connectivity index is 2.30. The van der Waals surface area contributed by atoms with Crippen molar-refractivity contribution in [2.75, 3.05) is 0 Å². The van der Waals surface area contributed by atoms with Crippen LogP contribution in [0.3, 0.4) is 0 Å². The van der Waals surface area contributed by atoms with E-state index in [1.54, 1.807) is 11.1 Å². The Hall–Kier alpha value is -0.600. The molecule has 0 aromatic carbocycles. The van der Waals surface area contributed by atoms with Crippen molar-refractivity contribution in [2.24, 2.45) is 0 Å². The van der Waals surface area contributed by atoms with Gasteiger partial charge in [0.15, 0.2) is 0 Å². The van der Waals surface area contributed by atoms with Gasteiger partial charge in [0.1, 0.15) is 0 Å². The van der Waals surface area contributed by atoms with Gasteiger partial charge >= 0.3 is 0 Å². The average molecular weight is 206 g/mol. The molecule has 66 valence electrons. The molecule has 0 radical (unpaired) electrons. The van der Waals surface area contributed by atoms with Crippen molar-refractivity contribution in [2.45, 2.75) is 19.3 Å². The lowest BCUT2D eigenvalue weighted by molar-refractivity contribution is 0.757. The summed E-state index contributed by atoms with van der Waals surface area (Å²) in [7, 11) is 0. The van der Waals surface area contributed by atoms with Gasteiger partial charge in [0, 0.05) is 9.75 Å². The smallest absolute Gasteiger partial charge is 0.0480 e. The molecule has 0 bridgehead atoms. The minimum atomic E-state index is 0.711. The Morgan fingerprint density at radius 1 is 1.15 bits per heavy atom. The summed E-state index contributed by atoms with van der Waals surface area (Å²) >= 11 is 3.77. The van der Waals surface area contributed by atoms with E-state index in [-0.39, 0.29) is 0 Å². The number of hydrogen-bond acceptors (Lipinski definition) is 2. The monoisotopic (exact) mass is 206 g/mol. The Labute approximate surface area is 85.9 Å². The summed E-state index contributed by atoms with van der Waals surface area (Å²) in [6, 6.07) is 4.56. The molecular weight excluding hydrogens is 196 g/mol. The van der Waals surface area contributed by atoms with Crippen LogP contribution in [0.2, 0.25) is 0 Å². The molecule has 0 saturated carbocycles. The standard InChI is InChI=1S/C11H10S2/c1-7-6-8-2-4-12-10(8)11-9(7)3-5-13-11/h2-5,7H,6H2,1H3. The molecule has 3 rings (SSSR count). The molecule has 1 aliphatic rings. The molecule has 0 nitrogen and oxygen atoms in total. The zero-order valence-electron chi connectivity index (χ0n) is 7.41. The van der Waals surface area contributed by atoms with Gasteiger partial charge in [0.2, 0.25) is 0 Å². The van der Waals surface area contributed by atoms with Crippen molar-refractivity contribution in [1.82, 2.24) is 0 Å². The molecule has 2 aromatic rings. The third kappa shape index (κ3) is 1.02. The molecule has 0 fully saturated rings. The van der Waals surface area contributed by atoms with Gasteiger partial charge in [-0.1, -0.05) is 6.92 Å². The first-order chi connectivity index (χ1) is 6.36. The van der Waals surface area contributed by atoms with Gasteiger partial charge < -0.3 is 0 Å². The fraction of sp³-hybridized carbons (Fsp3) is 0.273. The molecule has 1 aliphatic carbocycles. The maximum absolute atomic E-state index is 2.33. The van der Waals surface area contributed by atoms with Crippen LogP contribution in [0.4, 0.5) is 0 Å². The number of thiophene rings is 2. The highest BCUT2D eigenvalue weighted by Crippen LogP contribution is 2.45. The van der Waals surface area contributed by atoms with Gasteiger partial charge in [-0.25, -0.2) is 0 Å². The van der Waals surface area contributed by atoms with E-state index >= 15 is 0 Å². The van der Waals surface area contributed by atoms with Crippen molar-refractivity contribution in [1.29, 1.82) is 0 Å². The molecule has 0 spiro atoms. The SMILES string of the molecule is CC1Cc2ccsc2-c2sccc21. The van der Waals surface area contributed by atoms with E-state index in [9.17, 15) is 0 Å². The van der Waals surface area contributed by atoms with Crippen molar-refractivity contribution in [3.8, 4) is 9.75 Å². The van der Waals surface area contributed by atoms with Gasteiger partial charge in [-0.3, -0.25) is 0 Å². The van der Waals surface area contributed by atoms with Crippen LogP contribution in [-0.4, -0.2) is 0 Å². The molecule has 0 amide bonds. The van der Waals surface area contributed by atoms with Crippen LogP contribution < -0.4 is 0 Å². The van der Waals surface area contributed by atoms with Crippen molar-refractivity contribution >= 4 is 22.7 Å². The molecule has 1 atom stereocenters. The van der Waals surface area contributed by atoms with Crippen LogP contribution in [0.1, 0.15) is 24.0 Å². The molecular formula is C11H10S2. The minimum Gasteiger partial charge on any atom is -0.143 e. The first-order valence-corrected chi connectivity index (χ1v) is 6.26. The highest BCUT2D eigenvalue weighted by atomic mass is 32.1. The average Bonchev–Trinajstić information content (AvgIpc) is 2.66. The molecule has 0 saturated heterocycles. The predicted octanol–water partition coefficient (Wildman–Crippen LogP) is 4.14. The zero-order chi connectivity index (χ0) is 8.84. The van der Waals surface area contributed by atoms with E-state index in [2.05, 4.69) is 29.8 Å². The molecule has 13 heavy (non-hydrogen) atoms. The minimum absolute atomic E-state index is 0.711. The number of fused-ring (bicyclic) bond motifs is 3. The van der Waals surface area contributed by atoms with Crippen LogP contribution in [-0.2, 0) is 6.42 Å². The van der Waals surface area contributed by atoms with Gasteiger partial charge in [0.05, 0.1) is 0 Å². The maximum Gasteiger partial charge on any atom is 0.0480 e. The van der Waals surface area contributed by atoms with Gasteiger partial charge in [-0.2, -0.15) is 0 Å². The van der Waals surface area contributed by atoms with Gasteiger partial charge in [0.25, 0.3) is 0 Å². The van der Waals surface area contributed by atoms with Crippen molar-refractivity contribution in [3.05, 3.63) is 34.0 Å². The fourth-order valence-electron chi connectivity index (χ4n) is 2.03. The highest BCUT2D eigenvalue weighted by Gasteiger charge is 2.23. The van der Waals surface area contributed by atoms with Gasteiger partial charge in [-0.15, -0.1) is 22.7 Å². The summed E-state index contributed by atoms with van der Waals surface area (Å²) in [6.45, 7) is 2.33. The van der Waals surface area contributed by atoms with E-state index in [1.165, 1.54) is 16.2 Å². The number of hydrogen-bond donors (Lipinski definition) is 0. The summed E-state index contributed by atoms with van der Waals surface area (Å²) in [5.41, 5.74) is 3.10. The normalized spacial score (nSPS) is 19.6. The molecule has 0 N–H and O–H groups in total. The fourth-order valence-corrected chi connectivity index (χ4v) is 4.21. The van der Waals surface area contributed by atoms with E-state index in [1.807, 2.05) is 22.7 Å². The van der Waals surface area contributed by atoms with Crippen LogP contribution in [0.15, 0.2) is 22.9 Å². The first kappa shape index (κ1) is 7.77. The Kier molecular flexibility index (Phi) is 1.61. The molecule has 2 heteroatoms. The lowest BCUT2D eigenvalue weighted by atomic mass is 9.89. The highest BCUT2D eigenvalue weighted by molar-refractivity contribution is 7.20. The van der Waals surface area contributed by atoms with Crippen molar-refractivity contribution in [3.63, 3.8) is 0 Å². The third-order valence-corrected chi connectivity index (χ3v) is 4.76. The summed E-state index contributed by atoms with van der Waals surface area (Å²) in [4.78, 5) is 3.03. The van der Waals surface area contributed by atoms with E-state index < -0.39 is 0 Å². The van der Waals surface area contributed by atoms with Crippen LogP contribution in [0.25, 0.3) is 9.75 Å². The molecule has 1 unspecified atom stereocenters. The second-order valence-electron chi connectivity index (χ2n) is 3.59. The maximum atomic E-state index is 2.33. The molecule has 0 aliphatic heterocycles. The first-order valence-electron chi connectivity index (χ1n) is 4.50. The van der Waals surface area contributed by atoms with E-state index in [0.29, 0.717) is 5.92 Å². The molecule has 2 aromatic heterocycles. The summed E-state index contributed by atoms with van der Waals surface area (Å²) in [5.74, 6) is 0.711. The summed E-state index contributed by atoms with van der Waals surface area (Å²) < 4.78 is 0. The Morgan fingerprint density at radius 3 is 2.85 bits per heavy atom. The lowest BCUT2D eigenvalue weighted by Gasteiger charge is -2.18. The summed E-state index contributed by atoms with van der Waals surface area (Å²) in [5, 5.41) is 4.43. The topological polar surface area (TPSA) is 0 Å². The quantitative estimate of drug-likeness (QED) is 0.608. The van der Waals surface area contributed by atoms with Crippen LogP contribution in [0, 0.1) is 0 Å². The third-order valence-electron chi connectivity index (χ3n) is 2.71. The Bertz CT molecular complexity index is 436. The summed E-state index contributed by atoms with van der Waals surface area (Å²) in [6.07, 6.45) is 1.22. The zero-order valence-corrected chi connectivity index (χ0v) is 9.04. The van der Waals surface area contributed by atoms with E-state index in [4.69, 9.17) is 0 Å².